The fraction of sp³-hybridized carbons (Fsp3) is 0.548. The van der Waals surface area contributed by atoms with Crippen molar-refractivity contribution in [3.8, 4) is 0 Å². The molecule has 0 spiro atoms. The highest BCUT2D eigenvalue weighted by atomic mass is 19.4. The molecule has 0 amide bonds. The van der Waals surface area contributed by atoms with Crippen molar-refractivity contribution >= 4 is 17.5 Å². The monoisotopic (exact) mass is 587 g/mol. The molecule has 2 N–H and O–H groups in total. The summed E-state index contributed by atoms with van der Waals surface area (Å²) in [6.07, 6.45) is -1.39. The van der Waals surface area contributed by atoms with Crippen LogP contribution in [0.4, 0.5) is 24.7 Å². The van der Waals surface area contributed by atoms with Gasteiger partial charge in [0.2, 0.25) is 11.8 Å². The van der Waals surface area contributed by atoms with Crippen molar-refractivity contribution in [2.24, 2.45) is 12.0 Å². The van der Waals surface area contributed by atoms with Gasteiger partial charge >= 0.3 is 6.18 Å². The average Bonchev–Trinajstić information content (AvgIpc) is 3.24. The predicted octanol–water partition coefficient (Wildman–Crippen LogP) is 6.79. The molecule has 8 nitrogen and oxygen atoms in total. The van der Waals surface area contributed by atoms with E-state index in [1.165, 1.54) is 7.05 Å². The van der Waals surface area contributed by atoms with Crippen molar-refractivity contribution in [1.29, 1.82) is 0 Å². The van der Waals surface area contributed by atoms with E-state index in [2.05, 4.69) is 79.1 Å². The number of guanidine groups is 1. The van der Waals surface area contributed by atoms with Gasteiger partial charge in [0.25, 0.3) is 0 Å². The number of aliphatic imine (C=N–C) groups is 1. The van der Waals surface area contributed by atoms with Crippen LogP contribution in [0.3, 0.4) is 0 Å². The van der Waals surface area contributed by atoms with Gasteiger partial charge in [-0.2, -0.15) is 13.2 Å². The number of allylic oxidation sites excluding steroid dienone is 4. The van der Waals surface area contributed by atoms with E-state index in [0.717, 1.165) is 32.8 Å². The minimum Gasteiger partial charge on any atom is -0.501 e. The molecule has 11 heteroatoms. The molecule has 1 aromatic heterocycles. The van der Waals surface area contributed by atoms with E-state index >= 15 is 0 Å². The van der Waals surface area contributed by atoms with Gasteiger partial charge in [-0.05, 0) is 69.4 Å². The fourth-order valence-electron chi connectivity index (χ4n) is 5.53. The number of aromatic nitrogens is 2. The lowest BCUT2D eigenvalue weighted by molar-refractivity contribution is -0.146. The lowest BCUT2D eigenvalue weighted by Crippen LogP contribution is -2.60. The van der Waals surface area contributed by atoms with E-state index in [-0.39, 0.29) is 16.8 Å². The van der Waals surface area contributed by atoms with E-state index in [0.29, 0.717) is 31.3 Å². The van der Waals surface area contributed by atoms with Gasteiger partial charge in [0.05, 0.1) is 18.4 Å². The van der Waals surface area contributed by atoms with Crippen LogP contribution in [0.15, 0.2) is 46.8 Å². The first-order valence-electron chi connectivity index (χ1n) is 14.2. The Morgan fingerprint density at radius 3 is 2.43 bits per heavy atom. The SMILES string of the molecule is COC(C)=CC=C(C)N1CCN(C2=NC(Nc3cc(C(C)(C)C)ccc3C)c3c(nc(C(F)(F)F)n3C)N2)CC1(C)C. The number of halogens is 3. The van der Waals surface area contributed by atoms with E-state index in [9.17, 15) is 13.2 Å². The number of hydrogen-bond acceptors (Lipinski definition) is 7. The van der Waals surface area contributed by atoms with Gasteiger partial charge in [0.15, 0.2) is 12.0 Å². The summed E-state index contributed by atoms with van der Waals surface area (Å²) < 4.78 is 48.2. The number of hydrogen-bond donors (Lipinski definition) is 2. The summed E-state index contributed by atoms with van der Waals surface area (Å²) in [4.78, 5) is 13.4. The normalized spacial score (nSPS) is 19.7. The standard InChI is InChI=1S/C31H44F3N7O/c1-19-11-14-22(29(4,5)6)17-23(19)35-25-24-26(36-27(39(24)9)31(32,33)34)38-28(37-25)40-15-16-41(30(7,8)18-40)20(2)12-13-21(3)42-10/h11-14,17,25,35H,15-16,18H2,1-10H3,(H,37,38). The average molecular weight is 588 g/mol. The maximum Gasteiger partial charge on any atom is 0.449 e. The van der Waals surface area contributed by atoms with Crippen molar-refractivity contribution in [2.45, 2.75) is 78.7 Å². The molecule has 2 aromatic rings. The van der Waals surface area contributed by atoms with Gasteiger partial charge in [-0.1, -0.05) is 32.9 Å². The van der Waals surface area contributed by atoms with Crippen molar-refractivity contribution in [3.63, 3.8) is 0 Å². The van der Waals surface area contributed by atoms with E-state index in [1.807, 2.05) is 32.1 Å². The first-order valence-corrected chi connectivity index (χ1v) is 14.2. The molecule has 0 saturated carbocycles. The Morgan fingerprint density at radius 1 is 1.14 bits per heavy atom. The van der Waals surface area contributed by atoms with Gasteiger partial charge in [-0.3, -0.25) is 0 Å². The summed E-state index contributed by atoms with van der Waals surface area (Å²) in [5.74, 6) is 0.515. The van der Waals surface area contributed by atoms with Crippen LogP contribution < -0.4 is 10.6 Å². The Bertz CT molecular complexity index is 1410. The highest BCUT2D eigenvalue weighted by molar-refractivity contribution is 5.95. The van der Waals surface area contributed by atoms with Crippen LogP contribution in [0.5, 0.6) is 0 Å². The molecule has 42 heavy (non-hydrogen) atoms. The Labute approximate surface area is 247 Å². The maximum atomic E-state index is 13.9. The third-order valence-corrected chi connectivity index (χ3v) is 8.04. The molecular weight excluding hydrogens is 543 g/mol. The van der Waals surface area contributed by atoms with Crippen LogP contribution in [-0.4, -0.2) is 57.6 Å². The first-order chi connectivity index (χ1) is 19.4. The predicted molar refractivity (Wildman–Crippen MR) is 162 cm³/mol. The molecular formula is C31H44F3N7O. The number of benzene rings is 1. The number of piperazine rings is 1. The maximum absolute atomic E-state index is 13.9. The molecule has 1 fully saturated rings. The zero-order valence-electron chi connectivity index (χ0n) is 26.4. The van der Waals surface area contributed by atoms with Gasteiger partial charge in [-0.25, -0.2) is 9.98 Å². The van der Waals surface area contributed by atoms with E-state index in [4.69, 9.17) is 9.73 Å². The minimum absolute atomic E-state index is 0.0935. The number of anilines is 2. The Hall–Kier alpha value is -3.63. The molecule has 1 aromatic carbocycles. The summed E-state index contributed by atoms with van der Waals surface area (Å²) in [6.45, 7) is 18.6. The van der Waals surface area contributed by atoms with Gasteiger partial charge in [-0.15, -0.1) is 0 Å². The van der Waals surface area contributed by atoms with Crippen molar-refractivity contribution in [1.82, 2.24) is 19.4 Å². The molecule has 1 saturated heterocycles. The number of aryl methyl sites for hydroxylation is 1. The number of fused-ring (bicyclic) bond motifs is 1. The molecule has 0 radical (unpaired) electrons. The zero-order chi connectivity index (χ0) is 31.2. The second-order valence-corrected chi connectivity index (χ2v) is 12.8. The minimum atomic E-state index is -4.60. The largest absolute Gasteiger partial charge is 0.501 e. The molecule has 2 aliphatic rings. The Morgan fingerprint density at radius 2 is 1.83 bits per heavy atom. The number of alkyl halides is 3. The quantitative estimate of drug-likeness (QED) is 0.297. The second kappa shape index (κ2) is 11.2. The Balaban J connectivity index is 1.70. The summed E-state index contributed by atoms with van der Waals surface area (Å²) in [6, 6.07) is 6.17. The molecule has 1 atom stereocenters. The third kappa shape index (κ3) is 6.39. The number of nitrogens with zero attached hydrogens (tertiary/aromatic N) is 5. The van der Waals surface area contributed by atoms with E-state index < -0.39 is 18.2 Å². The second-order valence-electron chi connectivity index (χ2n) is 12.8. The molecule has 0 aliphatic carbocycles. The van der Waals surface area contributed by atoms with Gasteiger partial charge < -0.3 is 29.7 Å². The van der Waals surface area contributed by atoms with Crippen molar-refractivity contribution in [3.05, 3.63) is 64.5 Å². The molecule has 3 heterocycles. The summed E-state index contributed by atoms with van der Waals surface area (Å²) in [7, 11) is 3.03. The Kier molecular flexibility index (Phi) is 8.37. The molecule has 2 aliphatic heterocycles. The van der Waals surface area contributed by atoms with Crippen LogP contribution in [0, 0.1) is 6.92 Å². The van der Waals surface area contributed by atoms with Crippen LogP contribution in [0.1, 0.15) is 77.3 Å². The summed E-state index contributed by atoms with van der Waals surface area (Å²) in [5, 5.41) is 6.59. The summed E-state index contributed by atoms with van der Waals surface area (Å²) >= 11 is 0. The third-order valence-electron chi connectivity index (χ3n) is 8.04. The summed E-state index contributed by atoms with van der Waals surface area (Å²) in [5.41, 5.74) is 3.99. The van der Waals surface area contributed by atoms with Crippen molar-refractivity contribution < 1.29 is 17.9 Å². The van der Waals surface area contributed by atoms with Crippen LogP contribution in [0.25, 0.3) is 0 Å². The van der Waals surface area contributed by atoms with Crippen LogP contribution >= 0.6 is 0 Å². The molecule has 230 valence electrons. The first kappa shape index (κ1) is 31.3. The number of ether oxygens (including phenoxy) is 1. The lowest BCUT2D eigenvalue weighted by atomic mass is 9.86. The smallest absolute Gasteiger partial charge is 0.449 e. The van der Waals surface area contributed by atoms with Gasteiger partial charge in [0, 0.05) is 38.1 Å². The highest BCUT2D eigenvalue weighted by Crippen LogP contribution is 2.39. The zero-order valence-corrected chi connectivity index (χ0v) is 26.4. The molecule has 0 bridgehead atoms. The topological polar surface area (TPSA) is 70.0 Å². The fourth-order valence-corrected chi connectivity index (χ4v) is 5.53. The molecule has 1 unspecified atom stereocenters. The number of imidazole rings is 1. The van der Waals surface area contributed by atoms with Crippen LogP contribution in [-0.2, 0) is 23.4 Å². The van der Waals surface area contributed by atoms with E-state index in [1.54, 1.807) is 7.11 Å². The molecule has 4 rings (SSSR count). The highest BCUT2D eigenvalue weighted by Gasteiger charge is 2.42. The lowest BCUT2D eigenvalue weighted by Gasteiger charge is -2.50. The number of nitrogens with one attached hydrogen (secondary N) is 2. The van der Waals surface area contributed by atoms with Crippen LogP contribution in [0.2, 0.25) is 0 Å². The number of rotatable bonds is 5. The number of methoxy groups -OCH3 is 1. The van der Waals surface area contributed by atoms with Crippen molar-refractivity contribution in [2.75, 3.05) is 37.4 Å². The van der Waals surface area contributed by atoms with Gasteiger partial charge in [0.1, 0.15) is 5.69 Å².